The lowest BCUT2D eigenvalue weighted by molar-refractivity contribution is -0.146. The van der Waals surface area contributed by atoms with Crippen LogP contribution in [0.4, 0.5) is 5.69 Å². The minimum atomic E-state index is -0.413. The SMILES string of the molecule is Cc1ccc(CC(=O)OCC(=O)Nc2ccc(C(C)C)cc2)cc1. The first-order valence-corrected chi connectivity index (χ1v) is 8.05. The van der Waals surface area contributed by atoms with Gasteiger partial charge in [-0.05, 0) is 36.1 Å². The number of benzene rings is 2. The number of hydrogen-bond acceptors (Lipinski definition) is 3. The van der Waals surface area contributed by atoms with Crippen LogP contribution in [-0.4, -0.2) is 18.5 Å². The van der Waals surface area contributed by atoms with E-state index in [0.29, 0.717) is 11.6 Å². The second kappa shape index (κ2) is 8.29. The van der Waals surface area contributed by atoms with E-state index in [1.54, 1.807) is 0 Å². The lowest BCUT2D eigenvalue weighted by Gasteiger charge is -2.09. The quantitative estimate of drug-likeness (QED) is 0.821. The summed E-state index contributed by atoms with van der Waals surface area (Å²) < 4.78 is 5.02. The molecule has 0 aromatic heterocycles. The third kappa shape index (κ3) is 5.54. The third-order valence-corrected chi connectivity index (χ3v) is 3.69. The Morgan fingerprint density at radius 1 is 1.00 bits per heavy atom. The normalized spacial score (nSPS) is 10.5. The van der Waals surface area contributed by atoms with Crippen molar-refractivity contribution >= 4 is 17.6 Å². The number of hydrogen-bond donors (Lipinski definition) is 1. The van der Waals surface area contributed by atoms with Gasteiger partial charge in [0.05, 0.1) is 6.42 Å². The number of esters is 1. The molecule has 0 saturated carbocycles. The molecule has 1 amide bonds. The Hall–Kier alpha value is -2.62. The monoisotopic (exact) mass is 325 g/mol. The molecule has 0 heterocycles. The van der Waals surface area contributed by atoms with Gasteiger partial charge in [0, 0.05) is 5.69 Å². The van der Waals surface area contributed by atoms with E-state index >= 15 is 0 Å². The number of nitrogens with one attached hydrogen (secondary N) is 1. The molecule has 0 aliphatic carbocycles. The maximum atomic E-state index is 11.8. The minimum Gasteiger partial charge on any atom is -0.455 e. The Labute approximate surface area is 142 Å². The second-order valence-electron chi connectivity index (χ2n) is 6.15. The first kappa shape index (κ1) is 17.7. The van der Waals surface area contributed by atoms with E-state index in [-0.39, 0.29) is 18.9 Å². The van der Waals surface area contributed by atoms with Crippen molar-refractivity contribution in [3.63, 3.8) is 0 Å². The van der Waals surface area contributed by atoms with E-state index in [4.69, 9.17) is 4.74 Å². The number of carbonyl (C=O) groups excluding carboxylic acids is 2. The number of ether oxygens (including phenoxy) is 1. The van der Waals surface area contributed by atoms with Crippen LogP contribution in [0.3, 0.4) is 0 Å². The van der Waals surface area contributed by atoms with Crippen LogP contribution in [0.25, 0.3) is 0 Å². The second-order valence-corrected chi connectivity index (χ2v) is 6.15. The summed E-state index contributed by atoms with van der Waals surface area (Å²) in [5.74, 6) is -0.314. The van der Waals surface area contributed by atoms with Gasteiger partial charge in [-0.3, -0.25) is 9.59 Å². The minimum absolute atomic E-state index is 0.163. The standard InChI is InChI=1S/C20H23NO3/c1-14(2)17-8-10-18(11-9-17)21-19(22)13-24-20(23)12-16-6-4-15(3)5-7-16/h4-11,14H,12-13H2,1-3H3,(H,21,22). The van der Waals surface area contributed by atoms with E-state index in [9.17, 15) is 9.59 Å². The molecule has 0 fully saturated rings. The van der Waals surface area contributed by atoms with Gasteiger partial charge in [0.15, 0.2) is 6.61 Å². The fourth-order valence-corrected chi connectivity index (χ4v) is 2.22. The largest absolute Gasteiger partial charge is 0.455 e. The zero-order valence-electron chi connectivity index (χ0n) is 14.3. The highest BCUT2D eigenvalue weighted by molar-refractivity contribution is 5.92. The Balaban J connectivity index is 1.77. The van der Waals surface area contributed by atoms with E-state index in [1.807, 2.05) is 55.5 Å². The summed E-state index contributed by atoms with van der Waals surface area (Å²) in [7, 11) is 0. The van der Waals surface area contributed by atoms with Crippen LogP contribution in [-0.2, 0) is 20.7 Å². The van der Waals surface area contributed by atoms with Gasteiger partial charge in [0.2, 0.25) is 0 Å². The molecule has 0 unspecified atom stereocenters. The van der Waals surface area contributed by atoms with Gasteiger partial charge in [-0.1, -0.05) is 55.8 Å². The van der Waals surface area contributed by atoms with Crippen molar-refractivity contribution in [1.82, 2.24) is 0 Å². The Kier molecular flexibility index (Phi) is 6.13. The summed E-state index contributed by atoms with van der Waals surface area (Å²) in [6, 6.07) is 15.3. The molecule has 0 aliphatic heterocycles. The molecule has 0 radical (unpaired) electrons. The molecule has 2 aromatic carbocycles. The molecule has 0 saturated heterocycles. The van der Waals surface area contributed by atoms with E-state index in [1.165, 1.54) is 5.56 Å². The van der Waals surface area contributed by atoms with Gasteiger partial charge in [-0.2, -0.15) is 0 Å². The lowest BCUT2D eigenvalue weighted by atomic mass is 10.0. The fraction of sp³-hybridized carbons (Fsp3) is 0.300. The fourth-order valence-electron chi connectivity index (χ4n) is 2.22. The highest BCUT2D eigenvalue weighted by Gasteiger charge is 2.09. The molecule has 2 rings (SSSR count). The highest BCUT2D eigenvalue weighted by atomic mass is 16.5. The Bertz CT molecular complexity index is 688. The molecular weight excluding hydrogens is 302 g/mol. The molecule has 2 aromatic rings. The molecule has 126 valence electrons. The molecule has 0 spiro atoms. The van der Waals surface area contributed by atoms with Crippen molar-refractivity contribution in [2.75, 3.05) is 11.9 Å². The number of anilines is 1. The van der Waals surface area contributed by atoms with Gasteiger partial charge in [0.1, 0.15) is 0 Å². The van der Waals surface area contributed by atoms with E-state index < -0.39 is 5.97 Å². The third-order valence-electron chi connectivity index (χ3n) is 3.69. The van der Waals surface area contributed by atoms with E-state index in [2.05, 4.69) is 19.2 Å². The van der Waals surface area contributed by atoms with Gasteiger partial charge < -0.3 is 10.1 Å². The van der Waals surface area contributed by atoms with Gasteiger partial charge in [-0.15, -0.1) is 0 Å². The van der Waals surface area contributed by atoms with Crippen LogP contribution >= 0.6 is 0 Å². The number of rotatable bonds is 6. The van der Waals surface area contributed by atoms with Crippen molar-refractivity contribution in [3.8, 4) is 0 Å². The van der Waals surface area contributed by atoms with Crippen LogP contribution in [0.5, 0.6) is 0 Å². The Morgan fingerprint density at radius 2 is 1.62 bits per heavy atom. The molecule has 4 nitrogen and oxygen atoms in total. The van der Waals surface area contributed by atoms with E-state index in [0.717, 1.165) is 11.1 Å². The molecule has 1 N–H and O–H groups in total. The summed E-state index contributed by atoms with van der Waals surface area (Å²) in [5, 5.41) is 2.72. The molecule has 0 aliphatic rings. The van der Waals surface area contributed by atoms with Crippen molar-refractivity contribution < 1.29 is 14.3 Å². The summed E-state index contributed by atoms with van der Waals surface area (Å²) in [6.07, 6.45) is 0.163. The van der Waals surface area contributed by atoms with Crippen molar-refractivity contribution in [1.29, 1.82) is 0 Å². The smallest absolute Gasteiger partial charge is 0.310 e. The average Bonchev–Trinajstić information content (AvgIpc) is 2.55. The number of carbonyl (C=O) groups is 2. The van der Waals surface area contributed by atoms with Gasteiger partial charge in [0.25, 0.3) is 5.91 Å². The van der Waals surface area contributed by atoms with Crippen LogP contribution in [0.15, 0.2) is 48.5 Å². The lowest BCUT2D eigenvalue weighted by Crippen LogP contribution is -2.21. The molecule has 24 heavy (non-hydrogen) atoms. The molecule has 0 atom stereocenters. The summed E-state index contributed by atoms with van der Waals surface area (Å²) >= 11 is 0. The Morgan fingerprint density at radius 3 is 2.21 bits per heavy atom. The van der Waals surface area contributed by atoms with Crippen LogP contribution < -0.4 is 5.32 Å². The summed E-state index contributed by atoms with van der Waals surface area (Å²) in [4.78, 5) is 23.6. The predicted octanol–water partition coefficient (Wildman–Crippen LogP) is 3.84. The van der Waals surface area contributed by atoms with Crippen LogP contribution in [0, 0.1) is 6.92 Å². The summed E-state index contributed by atoms with van der Waals surface area (Å²) in [6.45, 7) is 5.93. The maximum absolute atomic E-state index is 11.8. The van der Waals surface area contributed by atoms with Crippen molar-refractivity contribution in [2.24, 2.45) is 0 Å². The van der Waals surface area contributed by atoms with Crippen molar-refractivity contribution in [3.05, 3.63) is 65.2 Å². The molecular formula is C20H23NO3. The van der Waals surface area contributed by atoms with Crippen LogP contribution in [0.2, 0.25) is 0 Å². The first-order valence-electron chi connectivity index (χ1n) is 8.05. The zero-order chi connectivity index (χ0) is 17.5. The van der Waals surface area contributed by atoms with Gasteiger partial charge in [-0.25, -0.2) is 0 Å². The van der Waals surface area contributed by atoms with Crippen molar-refractivity contribution in [2.45, 2.75) is 33.1 Å². The van der Waals surface area contributed by atoms with Crippen LogP contribution in [0.1, 0.15) is 36.5 Å². The maximum Gasteiger partial charge on any atom is 0.310 e. The summed E-state index contributed by atoms with van der Waals surface area (Å²) in [5.41, 5.74) is 3.90. The highest BCUT2D eigenvalue weighted by Crippen LogP contribution is 2.17. The van der Waals surface area contributed by atoms with Gasteiger partial charge >= 0.3 is 5.97 Å². The first-order chi connectivity index (χ1) is 11.4. The predicted molar refractivity (Wildman–Crippen MR) is 95.0 cm³/mol. The average molecular weight is 325 g/mol. The topological polar surface area (TPSA) is 55.4 Å². The zero-order valence-corrected chi connectivity index (χ0v) is 14.3. The number of aryl methyl sites for hydroxylation is 1. The molecule has 4 heteroatoms. The molecule has 0 bridgehead atoms. The number of amides is 1.